The lowest BCUT2D eigenvalue weighted by atomic mass is 10.0. The first-order chi connectivity index (χ1) is 10.1. The van der Waals surface area contributed by atoms with Gasteiger partial charge in [-0.05, 0) is 52.6 Å². The van der Waals surface area contributed by atoms with Gasteiger partial charge in [0, 0.05) is 5.56 Å². The minimum atomic E-state index is -0.0961. The highest BCUT2D eigenvalue weighted by Crippen LogP contribution is 2.43. The van der Waals surface area contributed by atoms with Gasteiger partial charge >= 0.3 is 0 Å². The zero-order chi connectivity index (χ0) is 15.0. The summed E-state index contributed by atoms with van der Waals surface area (Å²) in [5.41, 5.74) is 3.11. The molecule has 3 rings (SSSR count). The Morgan fingerprint density at radius 3 is 2.71 bits per heavy atom. The molecule has 1 aromatic heterocycles. The highest BCUT2D eigenvalue weighted by molar-refractivity contribution is 9.10. The number of H-pyrrole nitrogens is 1. The molecule has 21 heavy (non-hydrogen) atoms. The summed E-state index contributed by atoms with van der Waals surface area (Å²) in [5, 5.41) is 0. The molecule has 0 saturated heterocycles. The predicted octanol–water partition coefficient (Wildman–Crippen LogP) is 4.28. The number of nitrogens with one attached hydrogen (secondary N) is 1. The second-order valence-electron chi connectivity index (χ2n) is 6.13. The third-order valence-corrected chi connectivity index (χ3v) is 4.58. The third-order valence-electron chi connectivity index (χ3n) is 3.77. The van der Waals surface area contributed by atoms with E-state index in [2.05, 4.69) is 53.0 Å². The van der Waals surface area contributed by atoms with Crippen LogP contribution in [0, 0.1) is 5.92 Å². The minimum Gasteiger partial charge on any atom is -0.306 e. The first-order valence-corrected chi connectivity index (χ1v) is 8.23. The van der Waals surface area contributed by atoms with Crippen LogP contribution in [0.2, 0.25) is 0 Å². The van der Waals surface area contributed by atoms with Crippen molar-refractivity contribution in [3.63, 3.8) is 0 Å². The van der Waals surface area contributed by atoms with Crippen LogP contribution >= 0.6 is 15.9 Å². The van der Waals surface area contributed by atoms with Gasteiger partial charge in [-0.3, -0.25) is 4.79 Å². The number of aromatic nitrogens is 2. The van der Waals surface area contributed by atoms with Gasteiger partial charge in [0.15, 0.2) is 0 Å². The van der Waals surface area contributed by atoms with Gasteiger partial charge in [-0.1, -0.05) is 38.1 Å². The van der Waals surface area contributed by atoms with E-state index in [4.69, 9.17) is 4.98 Å². The number of halogens is 1. The maximum absolute atomic E-state index is 12.2. The molecule has 0 aliphatic heterocycles. The number of aromatic amines is 1. The third kappa shape index (κ3) is 3.10. The maximum Gasteiger partial charge on any atom is 0.265 e. The van der Waals surface area contributed by atoms with E-state index in [1.54, 1.807) is 0 Å². The van der Waals surface area contributed by atoms with Crippen LogP contribution in [0.25, 0.3) is 11.4 Å². The van der Waals surface area contributed by atoms with Crippen molar-refractivity contribution < 1.29 is 0 Å². The van der Waals surface area contributed by atoms with Crippen LogP contribution in [-0.4, -0.2) is 9.97 Å². The van der Waals surface area contributed by atoms with Crippen molar-refractivity contribution in [3.05, 3.63) is 50.3 Å². The van der Waals surface area contributed by atoms with Gasteiger partial charge in [-0.15, -0.1) is 0 Å². The van der Waals surface area contributed by atoms with Crippen LogP contribution in [0.4, 0.5) is 0 Å². The lowest BCUT2D eigenvalue weighted by Gasteiger charge is -2.11. The maximum atomic E-state index is 12.2. The monoisotopic (exact) mass is 346 g/mol. The quantitative estimate of drug-likeness (QED) is 0.898. The molecule has 1 heterocycles. The molecule has 1 aliphatic carbocycles. The zero-order valence-electron chi connectivity index (χ0n) is 12.3. The second-order valence-corrected chi connectivity index (χ2v) is 6.93. The van der Waals surface area contributed by atoms with Gasteiger partial charge in [0.25, 0.3) is 5.56 Å². The summed E-state index contributed by atoms with van der Waals surface area (Å²) in [5.74, 6) is 1.78. The van der Waals surface area contributed by atoms with Crippen LogP contribution in [0.15, 0.2) is 33.5 Å². The molecule has 3 nitrogen and oxygen atoms in total. The van der Waals surface area contributed by atoms with E-state index >= 15 is 0 Å². The molecule has 1 N–H and O–H groups in total. The van der Waals surface area contributed by atoms with Crippen molar-refractivity contribution in [3.8, 4) is 11.4 Å². The molecule has 0 spiro atoms. The van der Waals surface area contributed by atoms with Crippen molar-refractivity contribution >= 4 is 15.9 Å². The molecular weight excluding hydrogens is 328 g/mol. The van der Waals surface area contributed by atoms with Crippen molar-refractivity contribution in [1.82, 2.24) is 9.97 Å². The molecule has 0 unspecified atom stereocenters. The number of hydrogen-bond acceptors (Lipinski definition) is 2. The molecule has 0 bridgehead atoms. The van der Waals surface area contributed by atoms with E-state index in [1.807, 2.05) is 6.07 Å². The Morgan fingerprint density at radius 1 is 1.33 bits per heavy atom. The van der Waals surface area contributed by atoms with Gasteiger partial charge in [0.05, 0.1) is 5.69 Å². The molecular formula is C17H19BrN2O. The van der Waals surface area contributed by atoms with Crippen molar-refractivity contribution in [2.75, 3.05) is 0 Å². The highest BCUT2D eigenvalue weighted by atomic mass is 79.9. The fraction of sp³-hybridized carbons (Fsp3) is 0.412. The molecule has 110 valence electrons. The lowest BCUT2D eigenvalue weighted by molar-refractivity contribution is 0.631. The van der Waals surface area contributed by atoms with Crippen molar-refractivity contribution in [2.24, 2.45) is 5.92 Å². The fourth-order valence-electron chi connectivity index (χ4n) is 2.62. The highest BCUT2D eigenvalue weighted by Gasteiger charge is 2.27. The zero-order valence-corrected chi connectivity index (χ0v) is 13.9. The molecule has 1 aliphatic rings. The average Bonchev–Trinajstić information content (AvgIpc) is 3.27. The second kappa shape index (κ2) is 5.76. The Morgan fingerprint density at radius 2 is 2.05 bits per heavy atom. The van der Waals surface area contributed by atoms with E-state index in [1.165, 1.54) is 18.4 Å². The van der Waals surface area contributed by atoms with E-state index in [-0.39, 0.29) is 5.56 Å². The molecule has 0 radical (unpaired) electrons. The Labute approximate surface area is 133 Å². The van der Waals surface area contributed by atoms with Crippen LogP contribution in [0.5, 0.6) is 0 Å². The Hall–Kier alpha value is -1.42. The van der Waals surface area contributed by atoms with Gasteiger partial charge in [0.1, 0.15) is 10.3 Å². The van der Waals surface area contributed by atoms with Gasteiger partial charge in [-0.2, -0.15) is 0 Å². The summed E-state index contributed by atoms with van der Waals surface area (Å²) in [6, 6.07) is 8.27. The van der Waals surface area contributed by atoms with E-state index < -0.39 is 0 Å². The van der Waals surface area contributed by atoms with Crippen LogP contribution < -0.4 is 5.56 Å². The molecule has 2 aromatic rings. The summed E-state index contributed by atoms with van der Waals surface area (Å²) in [4.78, 5) is 19.8. The summed E-state index contributed by atoms with van der Waals surface area (Å²) in [7, 11) is 0. The summed E-state index contributed by atoms with van der Waals surface area (Å²) in [6.45, 7) is 4.26. The van der Waals surface area contributed by atoms with Gasteiger partial charge in [-0.25, -0.2) is 4.98 Å². The first kappa shape index (κ1) is 14.5. The molecule has 4 heteroatoms. The number of benzene rings is 1. The molecule has 0 amide bonds. The van der Waals surface area contributed by atoms with Crippen LogP contribution in [0.3, 0.4) is 0 Å². The standard InChI is InChI=1S/C17H19BrN2O/c1-10(2)9-14-15(18)17(21)20-16(19-14)13-6-4-3-5-12(13)11-7-8-11/h3-6,10-11H,7-9H2,1-2H3,(H,19,20,21). The van der Waals surface area contributed by atoms with Crippen LogP contribution in [0.1, 0.15) is 43.9 Å². The Balaban J connectivity index is 2.11. The predicted molar refractivity (Wildman–Crippen MR) is 88.5 cm³/mol. The molecule has 1 aromatic carbocycles. The van der Waals surface area contributed by atoms with Gasteiger partial charge in [0.2, 0.25) is 0 Å². The summed E-state index contributed by atoms with van der Waals surface area (Å²) >= 11 is 3.37. The fourth-order valence-corrected chi connectivity index (χ4v) is 2.97. The van der Waals surface area contributed by atoms with E-state index in [9.17, 15) is 4.79 Å². The molecule has 1 fully saturated rings. The first-order valence-electron chi connectivity index (χ1n) is 7.44. The number of rotatable bonds is 4. The largest absolute Gasteiger partial charge is 0.306 e. The van der Waals surface area contributed by atoms with Crippen LogP contribution in [-0.2, 0) is 6.42 Å². The van der Waals surface area contributed by atoms with Crippen molar-refractivity contribution in [2.45, 2.75) is 39.0 Å². The smallest absolute Gasteiger partial charge is 0.265 e. The Bertz CT molecular complexity index is 717. The lowest BCUT2D eigenvalue weighted by Crippen LogP contribution is -2.15. The topological polar surface area (TPSA) is 45.8 Å². The Kier molecular flexibility index (Phi) is 3.98. The van der Waals surface area contributed by atoms with Crippen molar-refractivity contribution in [1.29, 1.82) is 0 Å². The minimum absolute atomic E-state index is 0.0961. The molecule has 1 saturated carbocycles. The van der Waals surface area contributed by atoms with Gasteiger partial charge < -0.3 is 4.98 Å². The number of nitrogens with zero attached hydrogens (tertiary/aromatic N) is 1. The summed E-state index contributed by atoms with van der Waals surface area (Å²) < 4.78 is 0.559. The normalized spacial score (nSPS) is 14.7. The average molecular weight is 347 g/mol. The van der Waals surface area contributed by atoms with E-state index in [0.717, 1.165) is 17.7 Å². The summed E-state index contributed by atoms with van der Waals surface area (Å²) in [6.07, 6.45) is 3.26. The molecule has 0 atom stereocenters. The SMILES string of the molecule is CC(C)Cc1nc(-c2ccccc2C2CC2)[nH]c(=O)c1Br. The van der Waals surface area contributed by atoms with E-state index in [0.29, 0.717) is 22.1 Å². The number of hydrogen-bond donors (Lipinski definition) is 1.